The van der Waals surface area contributed by atoms with Gasteiger partial charge in [-0.1, -0.05) is 414 Å². The summed E-state index contributed by atoms with van der Waals surface area (Å²) in [6.07, 6.45) is 0. The Balaban J connectivity index is 0.000000114. The molecule has 4 heteroatoms. The number of fused-ring (bicyclic) bond motifs is 27. The van der Waals surface area contributed by atoms with Crippen LogP contribution >= 0.6 is 11.3 Å². The van der Waals surface area contributed by atoms with Gasteiger partial charge >= 0.3 is 0 Å². The Bertz CT molecular complexity index is 8010. The molecule has 135 heavy (non-hydrogen) atoms. The fraction of sp³-hybridized carbons (Fsp3) is 0.0382. The van der Waals surface area contributed by atoms with Gasteiger partial charge in [0.1, 0.15) is 0 Å². The van der Waals surface area contributed by atoms with Gasteiger partial charge in [0, 0.05) is 82.3 Å². The Labute approximate surface area is 793 Å². The van der Waals surface area contributed by atoms with Crippen molar-refractivity contribution in [2.24, 2.45) is 0 Å². The number of nitrogens with zero attached hydrogens (tertiary/aromatic N) is 3. The minimum absolute atomic E-state index is 0.000975. The van der Waals surface area contributed by atoms with Gasteiger partial charge in [0.15, 0.2) is 0 Å². The summed E-state index contributed by atoms with van der Waals surface area (Å²) in [5, 5.41) is 2.67. The Morgan fingerprint density at radius 2 is 0.407 bits per heavy atom. The fourth-order valence-electron chi connectivity index (χ4n) is 22.8. The highest BCUT2D eigenvalue weighted by atomic mass is 32.1. The van der Waals surface area contributed by atoms with Crippen molar-refractivity contribution in [3.63, 3.8) is 0 Å². The molecule has 27 rings (SSSR count). The number of para-hydroxylation sites is 2. The van der Waals surface area contributed by atoms with Gasteiger partial charge < -0.3 is 14.7 Å². The SMILES string of the molecule is CC1(C)c2ccccc2-c2ccc(N(c3ccccc3)c3ccccc3)cc21.c1ccc(-c2ccc(N(c3ccc(-c4ccccc4)cc3)c3ccc4c(c3)C3(c5ccccc5-4)c4ccccc4-c4c3ccc3c4sc4ccccc43)cc2)cc1.c1ccc(-c2ccc(N(c3ccc(-c4ccccc4)cc3)c3ccc4c(c3)C3(c5ccccc5-c5ccccc53)c3ccccc3-4)cc2)cc1. The Morgan fingerprint density at radius 3 is 0.770 bits per heavy atom. The zero-order chi connectivity index (χ0) is 89.7. The molecule has 0 bridgehead atoms. The molecular formula is C131H91N3S. The van der Waals surface area contributed by atoms with E-state index in [1.807, 2.05) is 11.3 Å². The Morgan fingerprint density at radius 1 is 0.163 bits per heavy atom. The maximum atomic E-state index is 2.49. The lowest BCUT2D eigenvalue weighted by atomic mass is 9.70. The minimum Gasteiger partial charge on any atom is -0.310 e. The Kier molecular flexibility index (Phi) is 19.6. The first-order chi connectivity index (χ1) is 66.7. The lowest BCUT2D eigenvalue weighted by Crippen LogP contribution is -2.26. The highest BCUT2D eigenvalue weighted by molar-refractivity contribution is 7.26. The van der Waals surface area contributed by atoms with Gasteiger partial charge in [-0.15, -0.1) is 11.3 Å². The molecule has 0 aliphatic heterocycles. The summed E-state index contributed by atoms with van der Waals surface area (Å²) in [4.78, 5) is 7.17. The molecular weight excluding hydrogens is 1650 g/mol. The molecule has 1 atom stereocenters. The molecule has 21 aromatic carbocycles. The molecule has 636 valence electrons. The van der Waals surface area contributed by atoms with Crippen LogP contribution in [0.5, 0.6) is 0 Å². The highest BCUT2D eigenvalue weighted by Gasteiger charge is 2.54. The smallest absolute Gasteiger partial charge is 0.0726 e. The first kappa shape index (κ1) is 80.3. The summed E-state index contributed by atoms with van der Waals surface area (Å²) >= 11 is 1.93. The zero-order valence-corrected chi connectivity index (χ0v) is 75.6. The number of hydrogen-bond acceptors (Lipinski definition) is 4. The third kappa shape index (κ3) is 13.1. The first-order valence-electron chi connectivity index (χ1n) is 46.8. The maximum absolute atomic E-state index is 2.49. The van der Waals surface area contributed by atoms with E-state index in [-0.39, 0.29) is 5.41 Å². The molecule has 5 aliphatic rings. The molecule has 5 aliphatic carbocycles. The number of anilines is 9. The van der Waals surface area contributed by atoms with Crippen molar-refractivity contribution in [2.75, 3.05) is 14.7 Å². The third-order valence-electron chi connectivity index (χ3n) is 28.9. The lowest BCUT2D eigenvalue weighted by molar-refractivity contribution is 0.660. The monoisotopic (exact) mass is 1740 g/mol. The molecule has 1 aromatic heterocycles. The van der Waals surface area contributed by atoms with Crippen molar-refractivity contribution in [2.45, 2.75) is 30.1 Å². The van der Waals surface area contributed by atoms with Crippen molar-refractivity contribution in [1.29, 1.82) is 0 Å². The number of rotatable bonds is 13. The van der Waals surface area contributed by atoms with Gasteiger partial charge in [-0.3, -0.25) is 0 Å². The van der Waals surface area contributed by atoms with Crippen LogP contribution < -0.4 is 14.7 Å². The first-order valence-corrected chi connectivity index (χ1v) is 47.7. The average Bonchev–Trinajstić information content (AvgIpc) is 1.49. The van der Waals surface area contributed by atoms with E-state index in [2.05, 4.69) is 544 Å². The predicted octanol–water partition coefficient (Wildman–Crippen LogP) is 35.5. The van der Waals surface area contributed by atoms with Crippen LogP contribution in [0.15, 0.2) is 516 Å². The molecule has 1 heterocycles. The molecule has 22 aromatic rings. The summed E-state index contributed by atoms with van der Waals surface area (Å²) in [6.45, 7) is 4.66. The summed E-state index contributed by atoms with van der Waals surface area (Å²) in [6, 6.07) is 189. The summed E-state index contributed by atoms with van der Waals surface area (Å²) in [5.41, 5.74) is 46.0. The van der Waals surface area contributed by atoms with E-state index in [0.717, 1.165) is 34.1 Å². The van der Waals surface area contributed by atoms with Crippen LogP contribution in [0.1, 0.15) is 69.5 Å². The van der Waals surface area contributed by atoms with Crippen LogP contribution in [-0.4, -0.2) is 0 Å². The standard InChI is InChI=1S/C55H35NS.C49H33N.C27H23N/c1-3-13-36(14-4-1)38-23-27-40(28-24-38)56(41-29-25-39(26-30-41)37-15-5-2-6-16-37)42-31-32-44-43-17-7-10-20-48(43)55(51(44)35-42)49-21-11-8-19-47(49)53-50(55)34-33-46-45-18-9-12-22-52(45)57-54(46)53;1-3-13-34(14-4-1)36-23-27-38(28-24-36)50(39-29-25-37(26-30-39)35-15-5-2-6-16-35)40-31-32-44-43-19-9-12-22-47(43)49(48(44)33-40)45-20-10-7-17-41(45)42-18-8-11-21-46(42)49;1-27(2)25-16-10-9-15-23(25)24-18-17-22(19-26(24)27)28(20-11-5-3-6-12-20)21-13-7-4-8-14-21/h1-35H;1-33H;3-19H,1-2H3. The van der Waals surface area contributed by atoms with Crippen LogP contribution in [0.25, 0.3) is 120 Å². The molecule has 1 unspecified atom stereocenters. The summed E-state index contributed by atoms with van der Waals surface area (Å²) in [7, 11) is 0. The van der Waals surface area contributed by atoms with E-state index in [0.29, 0.717) is 0 Å². The third-order valence-corrected chi connectivity index (χ3v) is 30.1. The highest BCUT2D eigenvalue weighted by Crippen LogP contribution is 2.67. The van der Waals surface area contributed by atoms with Gasteiger partial charge in [-0.2, -0.15) is 0 Å². The molecule has 0 N–H and O–H groups in total. The topological polar surface area (TPSA) is 9.72 Å². The van der Waals surface area contributed by atoms with Gasteiger partial charge in [0.05, 0.1) is 10.8 Å². The largest absolute Gasteiger partial charge is 0.310 e. The van der Waals surface area contributed by atoms with Gasteiger partial charge in [-0.05, 0) is 265 Å². The molecule has 2 spiro atoms. The van der Waals surface area contributed by atoms with Crippen molar-refractivity contribution in [3.05, 3.63) is 571 Å². The fourth-order valence-corrected chi connectivity index (χ4v) is 24.1. The number of benzene rings is 21. The van der Waals surface area contributed by atoms with E-state index < -0.39 is 10.8 Å². The predicted molar refractivity (Wildman–Crippen MR) is 568 cm³/mol. The molecule has 0 saturated heterocycles. The molecule has 0 radical (unpaired) electrons. The number of thiophene rings is 1. The molecule has 0 saturated carbocycles. The van der Waals surface area contributed by atoms with E-state index in [4.69, 9.17) is 0 Å². The summed E-state index contributed by atoms with van der Waals surface area (Å²) < 4.78 is 2.71. The van der Waals surface area contributed by atoms with Crippen LogP contribution in [0.2, 0.25) is 0 Å². The molecule has 3 nitrogen and oxygen atoms in total. The average molecular weight is 1740 g/mol. The van der Waals surface area contributed by atoms with E-state index >= 15 is 0 Å². The van der Waals surface area contributed by atoms with Crippen LogP contribution in [0, 0.1) is 0 Å². The van der Waals surface area contributed by atoms with E-state index in [9.17, 15) is 0 Å². The second-order valence-electron chi connectivity index (χ2n) is 36.4. The van der Waals surface area contributed by atoms with E-state index in [1.165, 1.54) is 193 Å². The summed E-state index contributed by atoms with van der Waals surface area (Å²) in [5.74, 6) is 0. The molecule has 0 amide bonds. The normalized spacial score (nSPS) is 13.9. The van der Waals surface area contributed by atoms with Gasteiger partial charge in [-0.25, -0.2) is 0 Å². The van der Waals surface area contributed by atoms with Crippen LogP contribution in [-0.2, 0) is 16.2 Å². The molecule has 0 fully saturated rings. The number of hydrogen-bond donors (Lipinski definition) is 0. The van der Waals surface area contributed by atoms with E-state index in [1.54, 1.807) is 0 Å². The van der Waals surface area contributed by atoms with Crippen molar-refractivity contribution >= 4 is 82.7 Å². The quantitative estimate of drug-likeness (QED) is 0.114. The van der Waals surface area contributed by atoms with Crippen molar-refractivity contribution in [3.8, 4) is 100 Å². The lowest BCUT2D eigenvalue weighted by Gasteiger charge is -2.32. The zero-order valence-electron chi connectivity index (χ0n) is 74.8. The maximum Gasteiger partial charge on any atom is 0.0726 e. The van der Waals surface area contributed by atoms with Crippen LogP contribution in [0.4, 0.5) is 51.2 Å². The van der Waals surface area contributed by atoms with Crippen molar-refractivity contribution in [1.82, 2.24) is 0 Å². The van der Waals surface area contributed by atoms with Crippen molar-refractivity contribution < 1.29 is 0 Å². The van der Waals surface area contributed by atoms with Crippen LogP contribution in [0.3, 0.4) is 0 Å². The second kappa shape index (κ2) is 33.0. The minimum atomic E-state index is -0.460. The van der Waals surface area contributed by atoms with Gasteiger partial charge in [0.25, 0.3) is 0 Å². The van der Waals surface area contributed by atoms with Gasteiger partial charge in [0.2, 0.25) is 0 Å². The Hall–Kier alpha value is -16.8. The second-order valence-corrected chi connectivity index (χ2v) is 37.4.